The second-order valence-electron chi connectivity index (χ2n) is 7.82. The molecule has 0 aliphatic carbocycles. The van der Waals surface area contributed by atoms with Gasteiger partial charge in [0.05, 0.1) is 31.1 Å². The summed E-state index contributed by atoms with van der Waals surface area (Å²) in [4.78, 5) is 30.8. The van der Waals surface area contributed by atoms with Gasteiger partial charge in [-0.3, -0.25) is 14.6 Å². The molecule has 3 aromatic rings. The van der Waals surface area contributed by atoms with Gasteiger partial charge in [0.1, 0.15) is 0 Å². The fourth-order valence-electron chi connectivity index (χ4n) is 4.12. The third-order valence-corrected chi connectivity index (χ3v) is 5.65. The van der Waals surface area contributed by atoms with Gasteiger partial charge in [-0.25, -0.2) is 8.78 Å². The molecule has 2 amide bonds. The van der Waals surface area contributed by atoms with Crippen molar-refractivity contribution in [3.05, 3.63) is 90.3 Å². The number of nitrogens with zero attached hydrogens (tertiary/aromatic N) is 3. The molecule has 1 atom stereocenters. The van der Waals surface area contributed by atoms with Crippen LogP contribution >= 0.6 is 0 Å². The molecule has 0 bridgehead atoms. The number of hydrogen-bond donors (Lipinski definition) is 1. The molecule has 4 rings (SSSR count). The molecular formula is C25H20F2N4O2. The number of halogens is 2. The van der Waals surface area contributed by atoms with E-state index in [1.165, 1.54) is 12.3 Å². The van der Waals surface area contributed by atoms with E-state index in [4.69, 9.17) is 0 Å². The average Bonchev–Trinajstić information content (AvgIpc) is 3.15. The number of alkyl halides is 2. The van der Waals surface area contributed by atoms with Gasteiger partial charge in [0.2, 0.25) is 5.91 Å². The maximum atomic E-state index is 14.4. The van der Waals surface area contributed by atoms with Gasteiger partial charge in [-0.05, 0) is 17.2 Å². The molecule has 1 aliphatic rings. The Balaban J connectivity index is 1.56. The van der Waals surface area contributed by atoms with Crippen LogP contribution in [0.5, 0.6) is 0 Å². The number of hydrogen-bond acceptors (Lipinski definition) is 4. The largest absolute Gasteiger partial charge is 0.343 e. The highest BCUT2D eigenvalue weighted by Crippen LogP contribution is 2.45. The fraction of sp³-hybridized carbons (Fsp3) is 0.200. The molecule has 0 radical (unpaired) electrons. The Morgan fingerprint density at radius 3 is 2.39 bits per heavy atom. The summed E-state index contributed by atoms with van der Waals surface area (Å²) in [5.74, 6) is -4.53. The zero-order chi connectivity index (χ0) is 23.5. The Hall–Kier alpha value is -4.12. The van der Waals surface area contributed by atoms with E-state index in [1.807, 2.05) is 36.4 Å². The Morgan fingerprint density at radius 2 is 1.73 bits per heavy atom. The minimum absolute atomic E-state index is 0.297. The van der Waals surface area contributed by atoms with Crippen molar-refractivity contribution in [3.63, 3.8) is 0 Å². The van der Waals surface area contributed by atoms with Crippen LogP contribution in [0.2, 0.25) is 0 Å². The Labute approximate surface area is 189 Å². The minimum atomic E-state index is -3.23. The molecule has 1 saturated heterocycles. The molecule has 0 spiro atoms. The molecule has 8 heteroatoms. The van der Waals surface area contributed by atoms with E-state index in [-0.39, 0.29) is 0 Å². The van der Waals surface area contributed by atoms with Crippen LogP contribution in [0, 0.1) is 11.3 Å². The maximum absolute atomic E-state index is 14.4. The van der Waals surface area contributed by atoms with Crippen LogP contribution in [0.15, 0.2) is 79.1 Å². The summed E-state index contributed by atoms with van der Waals surface area (Å²) in [7, 11) is 0. The monoisotopic (exact) mass is 446 g/mol. The summed E-state index contributed by atoms with van der Waals surface area (Å²) in [6.07, 6.45) is 2.20. The van der Waals surface area contributed by atoms with Gasteiger partial charge >= 0.3 is 0 Å². The summed E-state index contributed by atoms with van der Waals surface area (Å²) in [6, 6.07) is 20.7. The van der Waals surface area contributed by atoms with Gasteiger partial charge in [-0.2, -0.15) is 5.26 Å². The predicted molar refractivity (Wildman–Crippen MR) is 117 cm³/mol. The lowest BCUT2D eigenvalue weighted by Gasteiger charge is -2.32. The van der Waals surface area contributed by atoms with E-state index in [2.05, 4.69) is 10.3 Å². The number of carbonyl (C=O) groups excluding carboxylic acids is 2. The molecule has 166 valence electrons. The first-order chi connectivity index (χ1) is 15.9. The van der Waals surface area contributed by atoms with E-state index in [1.54, 1.807) is 36.5 Å². The molecule has 1 aromatic heterocycles. The minimum Gasteiger partial charge on any atom is -0.343 e. The van der Waals surface area contributed by atoms with Crippen molar-refractivity contribution in [2.24, 2.45) is 0 Å². The summed E-state index contributed by atoms with van der Waals surface area (Å²) >= 11 is 0. The van der Waals surface area contributed by atoms with Gasteiger partial charge in [0.25, 0.3) is 11.8 Å². The lowest BCUT2D eigenvalue weighted by atomic mass is 9.88. The number of aromatic nitrogens is 1. The van der Waals surface area contributed by atoms with Crippen molar-refractivity contribution in [2.75, 3.05) is 13.1 Å². The number of carbonyl (C=O) groups is 2. The topological polar surface area (TPSA) is 86.1 Å². The molecule has 6 nitrogen and oxygen atoms in total. The van der Waals surface area contributed by atoms with Crippen molar-refractivity contribution in [2.45, 2.75) is 17.9 Å². The first kappa shape index (κ1) is 22.1. The quantitative estimate of drug-likeness (QED) is 0.647. The fourth-order valence-corrected chi connectivity index (χ4v) is 4.12. The number of benzene rings is 2. The molecule has 1 unspecified atom stereocenters. The third kappa shape index (κ3) is 4.30. The van der Waals surface area contributed by atoms with Crippen molar-refractivity contribution < 1.29 is 18.4 Å². The summed E-state index contributed by atoms with van der Waals surface area (Å²) in [5, 5.41) is 12.4. The number of likely N-dealkylation sites (tertiary alicyclic amines) is 1. The number of pyridine rings is 1. The van der Waals surface area contributed by atoms with Gasteiger partial charge in [-0.1, -0.05) is 60.7 Å². The lowest BCUT2D eigenvalue weighted by Crippen LogP contribution is -2.48. The highest BCUT2D eigenvalue weighted by molar-refractivity contribution is 6.02. The van der Waals surface area contributed by atoms with E-state index in [0.29, 0.717) is 16.7 Å². The van der Waals surface area contributed by atoms with Crippen molar-refractivity contribution in [1.82, 2.24) is 15.2 Å². The van der Waals surface area contributed by atoms with Crippen LogP contribution in [0.1, 0.15) is 22.3 Å². The Kier molecular flexibility index (Phi) is 5.88. The maximum Gasteiger partial charge on any atom is 0.269 e. The molecule has 2 aromatic carbocycles. The lowest BCUT2D eigenvalue weighted by molar-refractivity contribution is -0.133. The van der Waals surface area contributed by atoms with E-state index in [9.17, 15) is 23.6 Å². The van der Waals surface area contributed by atoms with E-state index < -0.39 is 42.8 Å². The SMILES string of the molecule is N#CC1(c2ccccc2)CC(F)(F)CN1C(=O)CNC(=O)c1ccncc1-c1ccccc1. The van der Waals surface area contributed by atoms with Gasteiger partial charge in [-0.15, -0.1) is 0 Å². The van der Waals surface area contributed by atoms with Crippen LogP contribution < -0.4 is 5.32 Å². The highest BCUT2D eigenvalue weighted by Gasteiger charge is 2.58. The van der Waals surface area contributed by atoms with Crippen LogP contribution in [0.3, 0.4) is 0 Å². The number of nitriles is 1. The molecular weight excluding hydrogens is 426 g/mol. The molecule has 0 saturated carbocycles. The van der Waals surface area contributed by atoms with Gasteiger partial charge in [0, 0.05) is 18.0 Å². The smallest absolute Gasteiger partial charge is 0.269 e. The van der Waals surface area contributed by atoms with Crippen LogP contribution in [0.25, 0.3) is 11.1 Å². The number of nitrogens with one attached hydrogen (secondary N) is 1. The second-order valence-corrected chi connectivity index (χ2v) is 7.82. The zero-order valence-electron chi connectivity index (χ0n) is 17.5. The number of amides is 2. The van der Waals surface area contributed by atoms with Crippen molar-refractivity contribution >= 4 is 11.8 Å². The average molecular weight is 446 g/mol. The Bertz CT molecular complexity index is 1210. The summed E-state index contributed by atoms with van der Waals surface area (Å²) < 4.78 is 28.8. The Morgan fingerprint density at radius 1 is 1.06 bits per heavy atom. The van der Waals surface area contributed by atoms with Crippen LogP contribution in [0.4, 0.5) is 8.78 Å². The first-order valence-electron chi connectivity index (χ1n) is 10.3. The molecule has 1 aliphatic heterocycles. The first-order valence-corrected chi connectivity index (χ1v) is 10.3. The normalized spacial score (nSPS) is 19.0. The second kappa shape index (κ2) is 8.79. The third-order valence-electron chi connectivity index (χ3n) is 5.65. The highest BCUT2D eigenvalue weighted by atomic mass is 19.3. The van der Waals surface area contributed by atoms with Crippen LogP contribution in [-0.2, 0) is 10.3 Å². The van der Waals surface area contributed by atoms with Gasteiger partial charge < -0.3 is 10.2 Å². The number of rotatable bonds is 5. The molecule has 1 fully saturated rings. The summed E-state index contributed by atoms with van der Waals surface area (Å²) in [5.41, 5.74) is 0.147. The van der Waals surface area contributed by atoms with Crippen molar-refractivity contribution in [3.8, 4) is 17.2 Å². The van der Waals surface area contributed by atoms with Gasteiger partial charge in [0.15, 0.2) is 5.54 Å². The standard InChI is InChI=1S/C25H20F2N4O2/c26-25(27)15-24(16-28,19-9-5-2-6-10-19)31(17-25)22(32)14-30-23(33)20-11-12-29-13-21(20)18-7-3-1-4-8-18/h1-13H,14-15,17H2,(H,30,33). The van der Waals surface area contributed by atoms with E-state index >= 15 is 0 Å². The molecule has 2 heterocycles. The van der Waals surface area contributed by atoms with Crippen molar-refractivity contribution in [1.29, 1.82) is 5.26 Å². The predicted octanol–water partition coefficient (Wildman–Crippen LogP) is 3.77. The summed E-state index contributed by atoms with van der Waals surface area (Å²) in [6.45, 7) is -1.42. The molecule has 1 N–H and O–H groups in total. The molecule has 33 heavy (non-hydrogen) atoms. The van der Waals surface area contributed by atoms with Crippen LogP contribution in [-0.4, -0.2) is 40.7 Å². The van der Waals surface area contributed by atoms with E-state index in [0.717, 1.165) is 10.5 Å². The zero-order valence-corrected chi connectivity index (χ0v) is 17.5.